The second-order valence-electron chi connectivity index (χ2n) is 5.19. The molecule has 0 radical (unpaired) electrons. The lowest BCUT2D eigenvalue weighted by atomic mass is 10.1. The first-order valence-corrected chi connectivity index (χ1v) is 7.96. The molecular weight excluding hydrogens is 290 g/mol. The fourth-order valence-electron chi connectivity index (χ4n) is 2.01. The third-order valence-electron chi connectivity index (χ3n) is 3.39. The quantitative estimate of drug-likeness (QED) is 0.395. The molecule has 0 unspecified atom stereocenters. The van der Waals surface area contributed by atoms with E-state index in [9.17, 15) is 4.79 Å². The molecule has 2 N–H and O–H groups in total. The molecule has 0 aliphatic rings. The Kier molecular flexibility index (Phi) is 8.99. The number of hydrogen-bond acceptors (Lipinski definition) is 4. The Balaban J connectivity index is 2.35. The molecule has 0 aromatic heterocycles. The van der Waals surface area contributed by atoms with E-state index in [4.69, 9.17) is 10.00 Å². The van der Waals surface area contributed by atoms with E-state index in [0.29, 0.717) is 13.0 Å². The van der Waals surface area contributed by atoms with Gasteiger partial charge in [0.15, 0.2) is 0 Å². The Bertz CT molecular complexity index is 544. The summed E-state index contributed by atoms with van der Waals surface area (Å²) in [7, 11) is 1.63. The molecule has 0 heterocycles. The lowest BCUT2D eigenvalue weighted by Crippen LogP contribution is -2.27. The summed E-state index contributed by atoms with van der Waals surface area (Å²) in [5, 5.41) is 14.8. The van der Waals surface area contributed by atoms with Crippen molar-refractivity contribution >= 4 is 5.91 Å². The maximum atomic E-state index is 11.9. The molecule has 1 aromatic carbocycles. The summed E-state index contributed by atoms with van der Waals surface area (Å²) in [6.07, 6.45) is 5.51. The minimum atomic E-state index is -0.344. The van der Waals surface area contributed by atoms with E-state index < -0.39 is 0 Å². The van der Waals surface area contributed by atoms with Gasteiger partial charge in [-0.15, -0.1) is 0 Å². The Morgan fingerprint density at radius 2 is 2.00 bits per heavy atom. The largest absolute Gasteiger partial charge is 0.497 e. The van der Waals surface area contributed by atoms with Gasteiger partial charge in [-0.3, -0.25) is 4.79 Å². The van der Waals surface area contributed by atoms with Gasteiger partial charge in [-0.05, 0) is 30.5 Å². The van der Waals surface area contributed by atoms with Gasteiger partial charge in [0.25, 0.3) is 5.91 Å². The van der Waals surface area contributed by atoms with E-state index in [1.54, 1.807) is 7.11 Å². The molecule has 0 saturated heterocycles. The van der Waals surface area contributed by atoms with Crippen molar-refractivity contribution in [2.75, 3.05) is 20.2 Å². The number of amides is 1. The van der Waals surface area contributed by atoms with Gasteiger partial charge in [-0.1, -0.05) is 31.9 Å². The van der Waals surface area contributed by atoms with Gasteiger partial charge in [0.1, 0.15) is 17.4 Å². The van der Waals surface area contributed by atoms with E-state index in [1.807, 2.05) is 30.3 Å². The predicted octanol–water partition coefficient (Wildman–Crippen LogP) is 2.54. The molecule has 124 valence electrons. The summed E-state index contributed by atoms with van der Waals surface area (Å²) < 4.78 is 5.10. The van der Waals surface area contributed by atoms with Crippen LogP contribution in [-0.2, 0) is 11.2 Å². The lowest BCUT2D eigenvalue weighted by Gasteiger charge is -2.06. The molecule has 0 aliphatic heterocycles. The fourth-order valence-corrected chi connectivity index (χ4v) is 2.01. The molecule has 0 saturated carbocycles. The summed E-state index contributed by atoms with van der Waals surface area (Å²) in [6, 6.07) is 9.62. The zero-order valence-electron chi connectivity index (χ0n) is 13.9. The van der Waals surface area contributed by atoms with Crippen LogP contribution in [0.5, 0.6) is 5.75 Å². The minimum absolute atomic E-state index is 0.108. The normalized spacial score (nSPS) is 10.7. The SMILES string of the molecule is CCCCCN/C=C(/C#N)C(=O)NCCc1ccc(OC)cc1. The lowest BCUT2D eigenvalue weighted by molar-refractivity contribution is -0.117. The van der Waals surface area contributed by atoms with E-state index >= 15 is 0 Å². The molecule has 0 aliphatic carbocycles. The number of ether oxygens (including phenoxy) is 1. The van der Waals surface area contributed by atoms with Gasteiger partial charge >= 0.3 is 0 Å². The van der Waals surface area contributed by atoms with E-state index in [2.05, 4.69) is 17.6 Å². The molecule has 1 amide bonds. The average molecular weight is 315 g/mol. The van der Waals surface area contributed by atoms with Crippen LogP contribution in [0.2, 0.25) is 0 Å². The Morgan fingerprint density at radius 3 is 2.61 bits per heavy atom. The first-order chi connectivity index (χ1) is 11.2. The number of nitrogens with zero attached hydrogens (tertiary/aromatic N) is 1. The van der Waals surface area contributed by atoms with Crippen LogP contribution >= 0.6 is 0 Å². The number of nitrogens with one attached hydrogen (secondary N) is 2. The van der Waals surface area contributed by atoms with Crippen molar-refractivity contribution in [2.45, 2.75) is 32.6 Å². The zero-order valence-corrected chi connectivity index (χ0v) is 13.9. The van der Waals surface area contributed by atoms with Crippen molar-refractivity contribution in [3.63, 3.8) is 0 Å². The monoisotopic (exact) mass is 315 g/mol. The Hall–Kier alpha value is -2.48. The van der Waals surface area contributed by atoms with Crippen LogP contribution in [0.4, 0.5) is 0 Å². The third kappa shape index (κ3) is 7.37. The molecule has 0 spiro atoms. The number of carbonyl (C=O) groups excluding carboxylic acids is 1. The maximum absolute atomic E-state index is 11.9. The van der Waals surface area contributed by atoms with Crippen LogP contribution in [0.25, 0.3) is 0 Å². The van der Waals surface area contributed by atoms with Gasteiger partial charge in [0, 0.05) is 19.3 Å². The first kappa shape index (κ1) is 18.6. The van der Waals surface area contributed by atoms with Crippen molar-refractivity contribution in [3.05, 3.63) is 41.6 Å². The zero-order chi connectivity index (χ0) is 16.9. The third-order valence-corrected chi connectivity index (χ3v) is 3.39. The standard InChI is InChI=1S/C18H25N3O2/c1-3-4-5-11-20-14-16(13-19)18(22)21-12-10-15-6-8-17(23-2)9-7-15/h6-9,14,20H,3-5,10-12H2,1-2H3,(H,21,22)/b16-14-. The predicted molar refractivity (Wildman–Crippen MR) is 90.9 cm³/mol. The molecule has 1 aromatic rings. The van der Waals surface area contributed by atoms with Gasteiger partial charge < -0.3 is 15.4 Å². The maximum Gasteiger partial charge on any atom is 0.263 e. The highest BCUT2D eigenvalue weighted by atomic mass is 16.5. The van der Waals surface area contributed by atoms with Crippen molar-refractivity contribution in [1.82, 2.24) is 10.6 Å². The number of hydrogen-bond donors (Lipinski definition) is 2. The van der Waals surface area contributed by atoms with Gasteiger partial charge in [0.05, 0.1) is 7.11 Å². The smallest absolute Gasteiger partial charge is 0.263 e. The number of rotatable bonds is 10. The van der Waals surface area contributed by atoms with Crippen LogP contribution in [-0.4, -0.2) is 26.1 Å². The number of methoxy groups -OCH3 is 1. The molecular formula is C18H25N3O2. The second-order valence-corrected chi connectivity index (χ2v) is 5.19. The summed E-state index contributed by atoms with van der Waals surface area (Å²) in [5.41, 5.74) is 1.21. The number of benzene rings is 1. The highest BCUT2D eigenvalue weighted by molar-refractivity contribution is 5.97. The van der Waals surface area contributed by atoms with Crippen LogP contribution in [0.1, 0.15) is 31.7 Å². The highest BCUT2D eigenvalue weighted by Gasteiger charge is 2.07. The molecule has 0 atom stereocenters. The van der Waals surface area contributed by atoms with Gasteiger partial charge in [0.2, 0.25) is 0 Å². The Morgan fingerprint density at radius 1 is 1.26 bits per heavy atom. The van der Waals surface area contributed by atoms with Gasteiger partial charge in [-0.2, -0.15) is 5.26 Å². The molecule has 0 fully saturated rings. The summed E-state index contributed by atoms with van der Waals surface area (Å²) in [5.74, 6) is 0.464. The van der Waals surface area contributed by atoms with Gasteiger partial charge in [-0.25, -0.2) is 0 Å². The van der Waals surface area contributed by atoms with E-state index in [1.165, 1.54) is 6.20 Å². The first-order valence-electron chi connectivity index (χ1n) is 7.96. The number of nitriles is 1. The van der Waals surface area contributed by atoms with E-state index in [-0.39, 0.29) is 11.5 Å². The molecule has 1 rings (SSSR count). The second kappa shape index (κ2) is 11.1. The summed E-state index contributed by atoms with van der Waals surface area (Å²) in [6.45, 7) is 3.39. The van der Waals surface area contributed by atoms with Crippen molar-refractivity contribution in [1.29, 1.82) is 5.26 Å². The number of carbonyl (C=O) groups is 1. The molecule has 0 bridgehead atoms. The average Bonchev–Trinajstić information content (AvgIpc) is 2.58. The van der Waals surface area contributed by atoms with Crippen molar-refractivity contribution < 1.29 is 9.53 Å². The number of unbranched alkanes of at least 4 members (excludes halogenated alkanes) is 2. The van der Waals surface area contributed by atoms with Crippen molar-refractivity contribution in [2.24, 2.45) is 0 Å². The topological polar surface area (TPSA) is 74.2 Å². The van der Waals surface area contributed by atoms with Crippen LogP contribution in [0.3, 0.4) is 0 Å². The van der Waals surface area contributed by atoms with Crippen LogP contribution in [0, 0.1) is 11.3 Å². The minimum Gasteiger partial charge on any atom is -0.497 e. The van der Waals surface area contributed by atoms with Crippen molar-refractivity contribution in [3.8, 4) is 11.8 Å². The Labute approximate surface area is 138 Å². The molecule has 5 heteroatoms. The fraction of sp³-hybridized carbons (Fsp3) is 0.444. The van der Waals surface area contributed by atoms with Crippen LogP contribution in [0.15, 0.2) is 36.0 Å². The summed E-state index contributed by atoms with van der Waals surface area (Å²) in [4.78, 5) is 11.9. The highest BCUT2D eigenvalue weighted by Crippen LogP contribution is 2.11. The van der Waals surface area contributed by atoms with Crippen LogP contribution < -0.4 is 15.4 Å². The summed E-state index contributed by atoms with van der Waals surface area (Å²) >= 11 is 0. The molecule has 23 heavy (non-hydrogen) atoms. The van der Waals surface area contributed by atoms with E-state index in [0.717, 1.165) is 37.1 Å². The molecule has 5 nitrogen and oxygen atoms in total.